The second kappa shape index (κ2) is 65.4. The maximum atomic E-state index is 12.9. The molecular formula is C71H126O6. The molecule has 0 aliphatic rings. The number of ether oxygens (including phenoxy) is 3. The zero-order valence-electron chi connectivity index (χ0n) is 51.2. The van der Waals surface area contributed by atoms with E-state index >= 15 is 0 Å². The van der Waals surface area contributed by atoms with E-state index in [2.05, 4.69) is 93.7 Å². The molecule has 0 amide bonds. The van der Waals surface area contributed by atoms with E-state index in [9.17, 15) is 14.4 Å². The van der Waals surface area contributed by atoms with Crippen LogP contribution in [-0.4, -0.2) is 37.2 Å². The third kappa shape index (κ3) is 63.6. The molecular weight excluding hydrogens is 949 g/mol. The van der Waals surface area contributed by atoms with Crippen molar-refractivity contribution < 1.29 is 28.6 Å². The van der Waals surface area contributed by atoms with Crippen LogP contribution >= 0.6 is 0 Å². The fourth-order valence-electron chi connectivity index (χ4n) is 9.70. The first-order valence-corrected chi connectivity index (χ1v) is 33.4. The third-order valence-electron chi connectivity index (χ3n) is 14.7. The monoisotopic (exact) mass is 1070 g/mol. The first kappa shape index (κ1) is 73.8. The van der Waals surface area contributed by atoms with E-state index in [4.69, 9.17) is 14.2 Å². The molecule has 0 saturated carbocycles. The van der Waals surface area contributed by atoms with Gasteiger partial charge in [0.15, 0.2) is 6.10 Å². The van der Waals surface area contributed by atoms with E-state index in [1.807, 2.05) is 0 Å². The first-order chi connectivity index (χ1) is 38.0. The molecule has 0 bridgehead atoms. The van der Waals surface area contributed by atoms with Crippen LogP contribution in [0.5, 0.6) is 0 Å². The second-order valence-electron chi connectivity index (χ2n) is 22.4. The Morgan fingerprint density at radius 3 is 0.818 bits per heavy atom. The molecule has 0 aliphatic carbocycles. The number of hydrogen-bond acceptors (Lipinski definition) is 6. The molecule has 6 nitrogen and oxygen atoms in total. The SMILES string of the molecule is CC/C=C\C/C=C\C/C=C\C/C=C\CCCCCCCCC(=O)OC(COC(=O)CCCCCCC/C=C\C/C=C\CCCCC)COC(=O)CCCCCCCCCCCCCCCCCCCCCCCCCCC. The lowest BCUT2D eigenvalue weighted by atomic mass is 10.0. The molecule has 0 N–H and O–H groups in total. The van der Waals surface area contributed by atoms with Crippen molar-refractivity contribution in [3.05, 3.63) is 72.9 Å². The third-order valence-corrected chi connectivity index (χ3v) is 14.7. The average Bonchev–Trinajstić information content (AvgIpc) is 3.43. The van der Waals surface area contributed by atoms with Gasteiger partial charge >= 0.3 is 17.9 Å². The van der Waals surface area contributed by atoms with Gasteiger partial charge in [0.05, 0.1) is 0 Å². The Morgan fingerprint density at radius 2 is 0.506 bits per heavy atom. The zero-order valence-corrected chi connectivity index (χ0v) is 51.2. The highest BCUT2D eigenvalue weighted by atomic mass is 16.6. The lowest BCUT2D eigenvalue weighted by Crippen LogP contribution is -2.30. The van der Waals surface area contributed by atoms with Crippen molar-refractivity contribution in [1.82, 2.24) is 0 Å². The molecule has 0 rings (SSSR count). The predicted molar refractivity (Wildman–Crippen MR) is 335 cm³/mol. The van der Waals surface area contributed by atoms with Gasteiger partial charge in [-0.1, -0.05) is 306 Å². The molecule has 0 aromatic carbocycles. The van der Waals surface area contributed by atoms with Gasteiger partial charge in [-0.15, -0.1) is 0 Å². The van der Waals surface area contributed by atoms with Crippen LogP contribution in [-0.2, 0) is 28.6 Å². The van der Waals surface area contributed by atoms with E-state index in [-0.39, 0.29) is 31.1 Å². The summed E-state index contributed by atoms with van der Waals surface area (Å²) in [6.45, 7) is 6.53. The summed E-state index contributed by atoms with van der Waals surface area (Å²) in [5.74, 6) is -0.894. The van der Waals surface area contributed by atoms with Crippen molar-refractivity contribution in [2.45, 2.75) is 348 Å². The number of hydrogen-bond donors (Lipinski definition) is 0. The molecule has 446 valence electrons. The van der Waals surface area contributed by atoms with Crippen LogP contribution in [0.25, 0.3) is 0 Å². The first-order valence-electron chi connectivity index (χ1n) is 33.4. The molecule has 0 saturated heterocycles. The Morgan fingerprint density at radius 1 is 0.273 bits per heavy atom. The molecule has 0 aromatic rings. The van der Waals surface area contributed by atoms with Crippen LogP contribution in [0.3, 0.4) is 0 Å². The topological polar surface area (TPSA) is 78.9 Å². The maximum absolute atomic E-state index is 12.9. The van der Waals surface area contributed by atoms with E-state index < -0.39 is 6.10 Å². The number of allylic oxidation sites excluding steroid dienone is 12. The molecule has 0 spiro atoms. The lowest BCUT2D eigenvalue weighted by molar-refractivity contribution is -0.167. The summed E-state index contributed by atoms with van der Waals surface area (Å²) >= 11 is 0. The smallest absolute Gasteiger partial charge is 0.306 e. The van der Waals surface area contributed by atoms with Crippen molar-refractivity contribution in [3.63, 3.8) is 0 Å². The number of unbranched alkanes of at least 4 members (excludes halogenated alkanes) is 38. The van der Waals surface area contributed by atoms with Crippen molar-refractivity contribution in [2.24, 2.45) is 0 Å². The van der Waals surface area contributed by atoms with Crippen LogP contribution in [0.1, 0.15) is 342 Å². The molecule has 6 heteroatoms. The summed E-state index contributed by atoms with van der Waals surface area (Å²) in [6.07, 6.45) is 84.9. The normalized spacial score (nSPS) is 12.5. The van der Waals surface area contributed by atoms with Gasteiger partial charge in [0, 0.05) is 19.3 Å². The Hall–Kier alpha value is -3.15. The number of esters is 3. The lowest BCUT2D eigenvalue weighted by Gasteiger charge is -2.18. The van der Waals surface area contributed by atoms with E-state index in [1.165, 1.54) is 186 Å². The van der Waals surface area contributed by atoms with Gasteiger partial charge in [0.2, 0.25) is 0 Å². The largest absolute Gasteiger partial charge is 0.462 e. The Balaban J connectivity index is 4.31. The fraction of sp³-hybridized carbons (Fsp3) is 0.789. The van der Waals surface area contributed by atoms with E-state index in [0.717, 1.165) is 116 Å². The standard InChI is InChI=1S/C71H126O6/c1-4-7-10-13-16-19-22-25-28-30-32-33-34-35-36-37-39-40-43-46-49-52-55-58-61-64-70(73)76-67-68(66-75-69(72)63-60-57-54-51-48-45-42-27-24-21-18-15-12-9-6-3)77-71(74)65-62-59-56-53-50-47-44-41-38-31-29-26-23-20-17-14-11-8-5-2/h8,11,17-18,20-21,26-27,29,38,41-42,68H,4-7,9-10,12-16,19,22-25,28,30-37,39-40,43-67H2,1-3H3/b11-8-,20-17-,21-18-,29-26-,41-38-,42-27-. The van der Waals surface area contributed by atoms with Crippen molar-refractivity contribution >= 4 is 17.9 Å². The molecule has 0 radical (unpaired) electrons. The highest BCUT2D eigenvalue weighted by Gasteiger charge is 2.19. The van der Waals surface area contributed by atoms with Crippen LogP contribution in [0.15, 0.2) is 72.9 Å². The quantitative estimate of drug-likeness (QED) is 0.0261. The molecule has 0 heterocycles. The molecule has 1 unspecified atom stereocenters. The molecule has 0 fully saturated rings. The summed E-state index contributed by atoms with van der Waals surface area (Å²) in [5, 5.41) is 0. The summed E-state index contributed by atoms with van der Waals surface area (Å²) in [6, 6.07) is 0. The highest BCUT2D eigenvalue weighted by molar-refractivity contribution is 5.71. The van der Waals surface area contributed by atoms with Crippen molar-refractivity contribution in [1.29, 1.82) is 0 Å². The minimum atomic E-state index is -0.789. The zero-order chi connectivity index (χ0) is 55.7. The molecule has 0 aromatic heterocycles. The highest BCUT2D eigenvalue weighted by Crippen LogP contribution is 2.18. The van der Waals surface area contributed by atoms with E-state index in [0.29, 0.717) is 19.3 Å². The minimum absolute atomic E-state index is 0.0831. The van der Waals surface area contributed by atoms with Crippen LogP contribution in [0.2, 0.25) is 0 Å². The molecule has 0 aliphatic heterocycles. The Labute approximate surface area is 478 Å². The van der Waals surface area contributed by atoms with Gasteiger partial charge in [0.1, 0.15) is 13.2 Å². The fourth-order valence-corrected chi connectivity index (χ4v) is 9.70. The van der Waals surface area contributed by atoms with Crippen molar-refractivity contribution in [3.8, 4) is 0 Å². The van der Waals surface area contributed by atoms with Crippen molar-refractivity contribution in [2.75, 3.05) is 13.2 Å². The maximum Gasteiger partial charge on any atom is 0.306 e. The number of carbonyl (C=O) groups excluding carboxylic acids is 3. The predicted octanol–water partition coefficient (Wildman–Crippen LogP) is 22.9. The minimum Gasteiger partial charge on any atom is -0.462 e. The van der Waals surface area contributed by atoms with Crippen LogP contribution in [0, 0.1) is 0 Å². The van der Waals surface area contributed by atoms with Gasteiger partial charge in [-0.25, -0.2) is 0 Å². The Bertz CT molecular complexity index is 1420. The number of rotatable bonds is 61. The molecule has 1 atom stereocenters. The second-order valence-corrected chi connectivity index (χ2v) is 22.4. The van der Waals surface area contributed by atoms with Gasteiger partial charge in [0.25, 0.3) is 0 Å². The summed E-state index contributed by atoms with van der Waals surface area (Å²) < 4.78 is 16.9. The van der Waals surface area contributed by atoms with E-state index in [1.54, 1.807) is 0 Å². The summed E-state index contributed by atoms with van der Waals surface area (Å²) in [7, 11) is 0. The summed E-state index contributed by atoms with van der Waals surface area (Å²) in [4.78, 5) is 38.4. The van der Waals surface area contributed by atoms with Crippen LogP contribution in [0.4, 0.5) is 0 Å². The van der Waals surface area contributed by atoms with Gasteiger partial charge in [-0.2, -0.15) is 0 Å². The number of carbonyl (C=O) groups is 3. The van der Waals surface area contributed by atoms with Gasteiger partial charge < -0.3 is 14.2 Å². The Kier molecular flexibility index (Phi) is 62.7. The van der Waals surface area contributed by atoms with Gasteiger partial charge in [-0.3, -0.25) is 14.4 Å². The summed E-state index contributed by atoms with van der Waals surface area (Å²) in [5.41, 5.74) is 0. The van der Waals surface area contributed by atoms with Gasteiger partial charge in [-0.05, 0) is 89.9 Å². The van der Waals surface area contributed by atoms with Crippen LogP contribution < -0.4 is 0 Å². The molecule has 77 heavy (non-hydrogen) atoms. The average molecular weight is 1080 g/mol.